The van der Waals surface area contributed by atoms with Crippen molar-refractivity contribution in [3.8, 4) is 11.5 Å². The summed E-state index contributed by atoms with van der Waals surface area (Å²) in [5, 5.41) is 4.05. The van der Waals surface area contributed by atoms with Crippen molar-refractivity contribution in [1.29, 1.82) is 0 Å². The molecule has 1 aromatic carbocycles. The zero-order chi connectivity index (χ0) is 9.76. The number of ether oxygens (including phenoxy) is 2. The van der Waals surface area contributed by atoms with E-state index in [0.717, 1.165) is 0 Å². The van der Waals surface area contributed by atoms with Crippen LogP contribution in [0, 0.1) is 0 Å². The number of hydrogen-bond acceptors (Lipinski definition) is 4. The van der Waals surface area contributed by atoms with Crippen molar-refractivity contribution in [2.75, 3.05) is 17.4 Å². The molecule has 0 saturated heterocycles. The second kappa shape index (κ2) is 2.20. The van der Waals surface area contributed by atoms with Gasteiger partial charge in [-0.15, -0.1) is 0 Å². The van der Waals surface area contributed by atoms with Crippen molar-refractivity contribution < 1.29 is 18.3 Å². The lowest BCUT2D eigenvalue weighted by Gasteiger charge is -2.08. The fourth-order valence-electron chi connectivity index (χ4n) is 1.52. The molecule has 6 heteroatoms. The van der Waals surface area contributed by atoms with Crippen molar-refractivity contribution in [3.63, 3.8) is 0 Å². The van der Waals surface area contributed by atoms with E-state index < -0.39 is 6.17 Å². The van der Waals surface area contributed by atoms with Crippen molar-refractivity contribution in [1.82, 2.24) is 0 Å². The molecule has 74 valence electrons. The van der Waals surface area contributed by atoms with Gasteiger partial charge in [0.05, 0.1) is 11.4 Å². The molecule has 1 aromatic rings. The summed E-state index contributed by atoms with van der Waals surface area (Å²) in [6.45, 7) is 0.134. The average Bonchev–Trinajstić information content (AvgIpc) is 2.59. The molecule has 0 saturated carbocycles. The fourth-order valence-corrected chi connectivity index (χ4v) is 1.52. The van der Waals surface area contributed by atoms with Gasteiger partial charge in [0.1, 0.15) is 0 Å². The molecule has 14 heavy (non-hydrogen) atoms. The average molecular weight is 200 g/mol. The minimum absolute atomic E-state index is 0.134. The number of fused-ring (bicyclic) bond motifs is 2. The number of nitrogens with one attached hydrogen (secondary N) is 2. The molecule has 0 aliphatic carbocycles. The van der Waals surface area contributed by atoms with Crippen LogP contribution in [0.15, 0.2) is 12.1 Å². The first kappa shape index (κ1) is 7.66. The zero-order valence-corrected chi connectivity index (χ0v) is 6.93. The summed E-state index contributed by atoms with van der Waals surface area (Å²) in [6.07, 6.45) is -3.10. The van der Waals surface area contributed by atoms with E-state index in [1.165, 1.54) is 12.1 Å². The van der Waals surface area contributed by atoms with Gasteiger partial charge in [-0.25, -0.2) is 0 Å². The van der Waals surface area contributed by atoms with Gasteiger partial charge in [0.25, 0.3) is 0 Å². The smallest absolute Gasteiger partial charge is 0.409 e. The highest BCUT2D eigenvalue weighted by atomic mass is 19.3. The second-order valence-corrected chi connectivity index (χ2v) is 3.08. The van der Waals surface area contributed by atoms with Crippen LogP contribution < -0.4 is 20.1 Å². The molecular weight excluding hydrogens is 194 g/mol. The molecule has 0 unspecified atom stereocenters. The molecule has 3 rings (SSSR count). The highest BCUT2D eigenvalue weighted by Gasteiger charge is 2.37. The number of hydrogen-bond donors (Lipinski definition) is 2. The molecule has 2 aliphatic rings. The molecule has 0 aromatic heterocycles. The summed E-state index contributed by atoms with van der Waals surface area (Å²) in [4.78, 5) is 0. The Morgan fingerprint density at radius 3 is 2.07 bits per heavy atom. The van der Waals surface area contributed by atoms with E-state index in [2.05, 4.69) is 0 Å². The predicted octanol–water partition coefficient (Wildman–Crippen LogP) is 1.80. The van der Waals surface area contributed by atoms with E-state index in [0.29, 0.717) is 22.9 Å². The van der Waals surface area contributed by atoms with Crippen molar-refractivity contribution in [3.05, 3.63) is 12.1 Å². The first-order valence-corrected chi connectivity index (χ1v) is 4.02. The highest BCUT2D eigenvalue weighted by molar-refractivity contribution is 5.79. The van der Waals surface area contributed by atoms with E-state index in [-0.39, 0.29) is 6.79 Å². The van der Waals surface area contributed by atoms with E-state index in [1.54, 1.807) is 0 Å². The summed E-state index contributed by atoms with van der Waals surface area (Å²) >= 11 is 0. The zero-order valence-electron chi connectivity index (χ0n) is 6.93. The van der Waals surface area contributed by atoms with Crippen LogP contribution in [0.5, 0.6) is 11.5 Å². The number of rotatable bonds is 0. The Balaban J connectivity index is 2.08. The topological polar surface area (TPSA) is 42.5 Å². The maximum absolute atomic E-state index is 12.8. The monoisotopic (exact) mass is 200 g/mol. The Labute approximate surface area is 77.8 Å². The molecule has 0 amide bonds. The van der Waals surface area contributed by atoms with Gasteiger partial charge < -0.3 is 20.1 Å². The Morgan fingerprint density at radius 1 is 1.07 bits per heavy atom. The highest BCUT2D eigenvalue weighted by Crippen LogP contribution is 2.44. The minimum Gasteiger partial charge on any atom is -0.454 e. The van der Waals surface area contributed by atoms with Gasteiger partial charge in [-0.1, -0.05) is 0 Å². The second-order valence-electron chi connectivity index (χ2n) is 3.08. The van der Waals surface area contributed by atoms with Gasteiger partial charge >= 0.3 is 6.17 Å². The maximum atomic E-state index is 12.8. The van der Waals surface area contributed by atoms with Crippen molar-refractivity contribution in [2.45, 2.75) is 6.17 Å². The Bertz CT molecular complexity index is 374. The fraction of sp³-hybridized carbons (Fsp3) is 0.250. The summed E-state index contributed by atoms with van der Waals surface area (Å²) in [5.41, 5.74) is 0.638. The first-order valence-electron chi connectivity index (χ1n) is 4.02. The van der Waals surface area contributed by atoms with Crippen LogP contribution in [0.25, 0.3) is 0 Å². The van der Waals surface area contributed by atoms with Crippen LogP contribution >= 0.6 is 0 Å². The van der Waals surface area contributed by atoms with Gasteiger partial charge in [-0.05, 0) is 0 Å². The molecule has 2 N–H and O–H groups in total. The van der Waals surface area contributed by atoms with Crippen LogP contribution in [0.2, 0.25) is 0 Å². The van der Waals surface area contributed by atoms with Gasteiger partial charge in [-0.2, -0.15) is 8.78 Å². The molecule has 0 spiro atoms. The van der Waals surface area contributed by atoms with Gasteiger partial charge in [0.2, 0.25) is 6.79 Å². The maximum Gasteiger partial charge on any atom is 0.409 e. The van der Waals surface area contributed by atoms with E-state index >= 15 is 0 Å². The van der Waals surface area contributed by atoms with Crippen LogP contribution in [0.1, 0.15) is 0 Å². The Kier molecular flexibility index (Phi) is 1.20. The summed E-state index contributed by atoms with van der Waals surface area (Å²) in [5.74, 6) is 0.964. The van der Waals surface area contributed by atoms with Gasteiger partial charge in [0.15, 0.2) is 11.5 Å². The van der Waals surface area contributed by atoms with Crippen LogP contribution in [-0.4, -0.2) is 13.0 Å². The lowest BCUT2D eigenvalue weighted by atomic mass is 10.2. The van der Waals surface area contributed by atoms with E-state index in [9.17, 15) is 8.78 Å². The normalized spacial score (nSPS) is 19.9. The minimum atomic E-state index is -3.10. The third kappa shape index (κ3) is 0.966. The third-order valence-electron chi connectivity index (χ3n) is 2.10. The molecule has 4 nitrogen and oxygen atoms in total. The summed E-state index contributed by atoms with van der Waals surface area (Å²) in [6, 6.07) is 2.98. The number of anilines is 2. The molecule has 2 heterocycles. The SMILES string of the molecule is FC1(F)Nc2cc3c(cc2N1)OCO3. The number of benzene rings is 1. The van der Waals surface area contributed by atoms with Gasteiger partial charge in [0, 0.05) is 12.1 Å². The lowest BCUT2D eigenvalue weighted by Crippen LogP contribution is -2.30. The van der Waals surface area contributed by atoms with E-state index in [1.807, 2.05) is 10.6 Å². The largest absolute Gasteiger partial charge is 0.454 e. The van der Waals surface area contributed by atoms with Crippen LogP contribution in [0.4, 0.5) is 20.2 Å². The van der Waals surface area contributed by atoms with Gasteiger partial charge in [-0.3, -0.25) is 0 Å². The number of alkyl halides is 2. The summed E-state index contributed by atoms with van der Waals surface area (Å²) in [7, 11) is 0. The molecule has 0 radical (unpaired) electrons. The first-order chi connectivity index (χ1) is 6.64. The Morgan fingerprint density at radius 2 is 1.57 bits per heavy atom. The van der Waals surface area contributed by atoms with E-state index in [4.69, 9.17) is 9.47 Å². The molecule has 0 atom stereocenters. The third-order valence-corrected chi connectivity index (χ3v) is 2.10. The lowest BCUT2D eigenvalue weighted by molar-refractivity contribution is 0.0705. The molecule has 0 bridgehead atoms. The van der Waals surface area contributed by atoms with Crippen molar-refractivity contribution >= 4 is 11.4 Å². The van der Waals surface area contributed by atoms with Crippen LogP contribution in [-0.2, 0) is 0 Å². The molecule has 0 fully saturated rings. The summed E-state index contributed by atoms with van der Waals surface area (Å²) < 4.78 is 35.8. The van der Waals surface area contributed by atoms with Crippen LogP contribution in [0.3, 0.4) is 0 Å². The quantitative estimate of drug-likeness (QED) is 0.626. The standard InChI is InChI=1S/C8H6F2N2O2/c9-8(10)11-4-1-6-7(14-3-13-6)2-5(4)12-8/h1-2,11-12H,3H2. The molecular formula is C8H6F2N2O2. The van der Waals surface area contributed by atoms with Crippen molar-refractivity contribution in [2.24, 2.45) is 0 Å². The molecule has 2 aliphatic heterocycles. The number of halogens is 2. The Hall–Kier alpha value is -1.72. The predicted molar refractivity (Wildman–Crippen MR) is 44.8 cm³/mol.